The van der Waals surface area contributed by atoms with Gasteiger partial charge in [-0.05, 0) is 36.1 Å². The minimum atomic E-state index is -0.0384. The number of fused-ring (bicyclic) bond motifs is 1. The van der Waals surface area contributed by atoms with Gasteiger partial charge < -0.3 is 10.6 Å². The maximum atomic E-state index is 11.9. The summed E-state index contributed by atoms with van der Waals surface area (Å²) >= 11 is 0. The lowest BCUT2D eigenvalue weighted by atomic mass is 9.97. The third-order valence-corrected chi connectivity index (χ3v) is 4.08. The molecule has 2 N–H and O–H groups in total. The first kappa shape index (κ1) is 13.8. The molecule has 0 aromatic heterocycles. The van der Waals surface area contributed by atoms with E-state index < -0.39 is 0 Å². The number of benzene rings is 2. The first-order chi connectivity index (χ1) is 10.2. The Morgan fingerprint density at radius 3 is 2.67 bits per heavy atom. The van der Waals surface area contributed by atoms with Crippen LogP contribution < -0.4 is 10.6 Å². The van der Waals surface area contributed by atoms with Gasteiger partial charge in [0.25, 0.3) is 0 Å². The van der Waals surface area contributed by atoms with Crippen molar-refractivity contribution in [2.24, 2.45) is 5.73 Å². The summed E-state index contributed by atoms with van der Waals surface area (Å²) in [5, 5.41) is 0. The van der Waals surface area contributed by atoms with E-state index in [1.807, 2.05) is 42.2 Å². The van der Waals surface area contributed by atoms with E-state index in [0.717, 1.165) is 29.8 Å². The quantitative estimate of drug-likeness (QED) is 0.936. The average molecular weight is 280 g/mol. The van der Waals surface area contributed by atoms with Crippen molar-refractivity contribution < 1.29 is 4.79 Å². The summed E-state index contributed by atoms with van der Waals surface area (Å²) in [7, 11) is 0. The second-order valence-corrected chi connectivity index (χ2v) is 5.50. The zero-order chi connectivity index (χ0) is 14.8. The standard InChI is InChI=1S/C18H20N2O/c1-2-20-17-9-8-14(11-15(17)12-18(20)21)16(19)10-13-6-4-3-5-7-13/h3-9,11,16H,2,10,12,19H2,1H3. The minimum absolute atomic E-state index is 0.0384. The Kier molecular flexibility index (Phi) is 3.76. The molecule has 0 aliphatic carbocycles. The largest absolute Gasteiger partial charge is 0.324 e. The molecule has 1 atom stereocenters. The van der Waals surface area contributed by atoms with Gasteiger partial charge in [-0.25, -0.2) is 0 Å². The molecule has 0 saturated carbocycles. The molecule has 0 spiro atoms. The third-order valence-electron chi connectivity index (χ3n) is 4.08. The van der Waals surface area contributed by atoms with Crippen molar-refractivity contribution in [3.05, 3.63) is 65.2 Å². The SMILES string of the molecule is CCN1C(=O)Cc2cc(C(N)Cc3ccccc3)ccc21. The second kappa shape index (κ2) is 5.70. The Morgan fingerprint density at radius 2 is 1.95 bits per heavy atom. The van der Waals surface area contributed by atoms with Crippen molar-refractivity contribution in [1.29, 1.82) is 0 Å². The number of hydrogen-bond donors (Lipinski definition) is 1. The van der Waals surface area contributed by atoms with Crippen LogP contribution in [0.15, 0.2) is 48.5 Å². The van der Waals surface area contributed by atoms with E-state index in [1.54, 1.807) is 0 Å². The lowest BCUT2D eigenvalue weighted by Crippen LogP contribution is -2.25. The monoisotopic (exact) mass is 280 g/mol. The average Bonchev–Trinajstić information content (AvgIpc) is 2.82. The molecule has 108 valence electrons. The number of nitrogens with two attached hydrogens (primary N) is 1. The van der Waals surface area contributed by atoms with Crippen LogP contribution in [0.3, 0.4) is 0 Å². The number of likely N-dealkylation sites (N-methyl/N-ethyl adjacent to an activating group) is 1. The van der Waals surface area contributed by atoms with Crippen LogP contribution in [0.4, 0.5) is 5.69 Å². The van der Waals surface area contributed by atoms with Crippen LogP contribution in [0, 0.1) is 0 Å². The molecule has 0 radical (unpaired) electrons. The molecule has 3 nitrogen and oxygen atoms in total. The van der Waals surface area contributed by atoms with Gasteiger partial charge in [0.1, 0.15) is 0 Å². The number of carbonyl (C=O) groups is 1. The molecule has 1 aliphatic heterocycles. The smallest absolute Gasteiger partial charge is 0.231 e. The highest BCUT2D eigenvalue weighted by atomic mass is 16.2. The van der Waals surface area contributed by atoms with Crippen LogP contribution in [0.25, 0.3) is 0 Å². The van der Waals surface area contributed by atoms with Crippen LogP contribution in [-0.2, 0) is 17.6 Å². The number of hydrogen-bond acceptors (Lipinski definition) is 2. The molecule has 1 unspecified atom stereocenters. The molecule has 3 heteroatoms. The van der Waals surface area contributed by atoms with E-state index in [0.29, 0.717) is 6.42 Å². The molecule has 3 rings (SSSR count). The van der Waals surface area contributed by atoms with Crippen molar-refractivity contribution in [3.8, 4) is 0 Å². The van der Waals surface area contributed by atoms with E-state index in [2.05, 4.69) is 18.2 Å². The first-order valence-electron chi connectivity index (χ1n) is 7.41. The lowest BCUT2D eigenvalue weighted by molar-refractivity contribution is -0.117. The number of rotatable bonds is 4. The molecule has 0 fully saturated rings. The molecular formula is C18H20N2O. The summed E-state index contributed by atoms with van der Waals surface area (Å²) in [5.74, 6) is 0.182. The van der Waals surface area contributed by atoms with Gasteiger partial charge in [0.15, 0.2) is 0 Å². The summed E-state index contributed by atoms with van der Waals surface area (Å²) in [6.45, 7) is 2.73. The Morgan fingerprint density at radius 1 is 1.19 bits per heavy atom. The summed E-state index contributed by atoms with van der Waals surface area (Å²) < 4.78 is 0. The maximum absolute atomic E-state index is 11.9. The molecule has 1 aliphatic rings. The van der Waals surface area contributed by atoms with Gasteiger partial charge in [-0.2, -0.15) is 0 Å². The summed E-state index contributed by atoms with van der Waals surface area (Å²) in [5.41, 5.74) is 10.8. The molecule has 0 saturated heterocycles. The van der Waals surface area contributed by atoms with Crippen molar-refractivity contribution in [1.82, 2.24) is 0 Å². The van der Waals surface area contributed by atoms with Crippen molar-refractivity contribution in [2.45, 2.75) is 25.8 Å². The Bertz CT molecular complexity index is 652. The predicted molar refractivity (Wildman–Crippen MR) is 85.2 cm³/mol. The van der Waals surface area contributed by atoms with Crippen molar-refractivity contribution in [3.63, 3.8) is 0 Å². The maximum Gasteiger partial charge on any atom is 0.231 e. The minimum Gasteiger partial charge on any atom is -0.324 e. The van der Waals surface area contributed by atoms with Crippen LogP contribution in [0.1, 0.15) is 29.7 Å². The molecular weight excluding hydrogens is 260 g/mol. The van der Waals surface area contributed by atoms with Gasteiger partial charge in [0, 0.05) is 18.3 Å². The van der Waals surface area contributed by atoms with E-state index >= 15 is 0 Å². The summed E-state index contributed by atoms with van der Waals surface area (Å²) in [4.78, 5) is 13.8. The van der Waals surface area contributed by atoms with Crippen LogP contribution in [-0.4, -0.2) is 12.5 Å². The number of anilines is 1. The number of amides is 1. The third kappa shape index (κ3) is 2.69. The van der Waals surface area contributed by atoms with Crippen molar-refractivity contribution >= 4 is 11.6 Å². The van der Waals surface area contributed by atoms with Gasteiger partial charge in [0.05, 0.1) is 6.42 Å². The molecule has 1 amide bonds. The molecule has 2 aromatic rings. The Labute approximate surface area is 125 Å². The summed E-state index contributed by atoms with van der Waals surface area (Å²) in [6.07, 6.45) is 1.31. The van der Waals surface area contributed by atoms with Gasteiger partial charge >= 0.3 is 0 Å². The molecule has 1 heterocycles. The highest BCUT2D eigenvalue weighted by Crippen LogP contribution is 2.31. The zero-order valence-corrected chi connectivity index (χ0v) is 12.3. The van der Waals surface area contributed by atoms with Crippen molar-refractivity contribution in [2.75, 3.05) is 11.4 Å². The fourth-order valence-electron chi connectivity index (χ4n) is 2.97. The van der Waals surface area contributed by atoms with Crippen LogP contribution in [0.2, 0.25) is 0 Å². The number of carbonyl (C=O) groups excluding carboxylic acids is 1. The van der Waals surface area contributed by atoms with Gasteiger partial charge in [0.2, 0.25) is 5.91 Å². The van der Waals surface area contributed by atoms with E-state index in [9.17, 15) is 4.79 Å². The van der Waals surface area contributed by atoms with Crippen LogP contribution in [0.5, 0.6) is 0 Å². The van der Waals surface area contributed by atoms with E-state index in [1.165, 1.54) is 5.56 Å². The second-order valence-electron chi connectivity index (χ2n) is 5.50. The normalized spacial score (nSPS) is 15.1. The Hall–Kier alpha value is -2.13. The fraction of sp³-hybridized carbons (Fsp3) is 0.278. The van der Waals surface area contributed by atoms with Gasteiger partial charge in [-0.1, -0.05) is 42.5 Å². The van der Waals surface area contributed by atoms with E-state index in [4.69, 9.17) is 5.73 Å². The zero-order valence-electron chi connectivity index (χ0n) is 12.3. The number of nitrogens with zero attached hydrogens (tertiary/aromatic N) is 1. The van der Waals surface area contributed by atoms with Gasteiger partial charge in [-0.3, -0.25) is 4.79 Å². The fourth-order valence-corrected chi connectivity index (χ4v) is 2.97. The van der Waals surface area contributed by atoms with E-state index in [-0.39, 0.29) is 11.9 Å². The highest BCUT2D eigenvalue weighted by molar-refractivity contribution is 6.01. The lowest BCUT2D eigenvalue weighted by Gasteiger charge is -2.17. The molecule has 0 bridgehead atoms. The Balaban J connectivity index is 1.82. The summed E-state index contributed by atoms with van der Waals surface area (Å²) in [6, 6.07) is 16.4. The van der Waals surface area contributed by atoms with Crippen LogP contribution >= 0.6 is 0 Å². The highest BCUT2D eigenvalue weighted by Gasteiger charge is 2.26. The first-order valence-corrected chi connectivity index (χ1v) is 7.41. The molecule has 21 heavy (non-hydrogen) atoms. The van der Waals surface area contributed by atoms with Gasteiger partial charge in [-0.15, -0.1) is 0 Å². The molecule has 2 aromatic carbocycles. The predicted octanol–water partition coefficient (Wildman–Crippen LogP) is 2.84. The topological polar surface area (TPSA) is 46.3 Å².